The summed E-state index contributed by atoms with van der Waals surface area (Å²) in [6.45, 7) is 1.82. The van der Waals surface area contributed by atoms with Gasteiger partial charge in [-0.25, -0.2) is 4.98 Å². The lowest BCUT2D eigenvalue weighted by Gasteiger charge is -2.24. The van der Waals surface area contributed by atoms with Gasteiger partial charge in [0.15, 0.2) is 0 Å². The quantitative estimate of drug-likeness (QED) is 0.608. The van der Waals surface area contributed by atoms with Gasteiger partial charge in [0.25, 0.3) is 5.56 Å². The zero-order chi connectivity index (χ0) is 19.5. The molecule has 4 rings (SSSR count). The van der Waals surface area contributed by atoms with Gasteiger partial charge in [0.05, 0.1) is 24.6 Å². The third-order valence-corrected chi connectivity index (χ3v) is 6.26. The molecule has 148 valence electrons. The highest BCUT2D eigenvalue weighted by Gasteiger charge is 2.22. The van der Waals surface area contributed by atoms with Crippen LogP contribution >= 0.6 is 11.3 Å². The monoisotopic (exact) mass is 399 g/mol. The predicted octanol–water partition coefficient (Wildman–Crippen LogP) is 2.48. The number of aliphatic hydroxyl groups excluding tert-OH is 1. The molecule has 1 atom stereocenters. The number of hydrogen-bond donors (Lipinski definition) is 2. The number of aromatic nitrogens is 2. The molecular formula is C21H25N3O3S. The van der Waals surface area contributed by atoms with Crippen LogP contribution < -0.4 is 5.56 Å². The maximum Gasteiger partial charge on any atom is 0.259 e. The van der Waals surface area contributed by atoms with Crippen LogP contribution in [0.3, 0.4) is 0 Å². The minimum atomic E-state index is -0.602. The highest BCUT2D eigenvalue weighted by Crippen LogP contribution is 2.34. The number of hydrogen-bond acceptors (Lipinski definition) is 6. The number of aliphatic hydroxyl groups is 1. The zero-order valence-electron chi connectivity index (χ0n) is 16.0. The van der Waals surface area contributed by atoms with Crippen molar-refractivity contribution in [2.75, 3.05) is 20.3 Å². The van der Waals surface area contributed by atoms with E-state index in [0.717, 1.165) is 35.0 Å². The van der Waals surface area contributed by atoms with Gasteiger partial charge < -0.3 is 14.8 Å². The first-order valence-corrected chi connectivity index (χ1v) is 10.4. The molecule has 2 aromatic heterocycles. The van der Waals surface area contributed by atoms with E-state index < -0.39 is 6.10 Å². The van der Waals surface area contributed by atoms with Gasteiger partial charge in [-0.15, -0.1) is 11.3 Å². The van der Waals surface area contributed by atoms with E-state index in [0.29, 0.717) is 25.5 Å². The lowest BCUT2D eigenvalue weighted by atomic mass is 10.2. The van der Waals surface area contributed by atoms with Crippen molar-refractivity contribution in [3.05, 3.63) is 62.5 Å². The van der Waals surface area contributed by atoms with Crippen molar-refractivity contribution in [1.82, 2.24) is 14.9 Å². The molecule has 0 saturated carbocycles. The van der Waals surface area contributed by atoms with Crippen LogP contribution in [0, 0.1) is 0 Å². The molecule has 0 unspecified atom stereocenters. The molecule has 0 radical (unpaired) electrons. The summed E-state index contributed by atoms with van der Waals surface area (Å²) in [7, 11) is 1.58. The number of thiophene rings is 1. The Labute approximate surface area is 167 Å². The van der Waals surface area contributed by atoms with Crippen molar-refractivity contribution in [2.45, 2.75) is 38.5 Å². The first kappa shape index (κ1) is 19.3. The van der Waals surface area contributed by atoms with E-state index >= 15 is 0 Å². The highest BCUT2D eigenvalue weighted by atomic mass is 32.1. The van der Waals surface area contributed by atoms with Crippen molar-refractivity contribution >= 4 is 21.6 Å². The molecule has 0 amide bonds. The number of methoxy groups -OCH3 is 1. The number of aromatic amines is 1. The van der Waals surface area contributed by atoms with E-state index in [1.165, 1.54) is 10.4 Å². The van der Waals surface area contributed by atoms with Crippen LogP contribution in [0.2, 0.25) is 0 Å². The Hall–Kier alpha value is -2.06. The fourth-order valence-corrected chi connectivity index (χ4v) is 5.18. The summed E-state index contributed by atoms with van der Waals surface area (Å²) in [5.74, 6) is 0.637. The molecule has 6 nitrogen and oxygen atoms in total. The summed E-state index contributed by atoms with van der Waals surface area (Å²) in [6, 6.07) is 10.1. The second kappa shape index (κ2) is 8.53. The number of nitrogens with one attached hydrogen (secondary N) is 1. The molecule has 3 aromatic rings. The average Bonchev–Trinajstić information content (AvgIpc) is 3.23. The largest absolute Gasteiger partial charge is 0.389 e. The number of aryl methyl sites for hydroxylation is 2. The fourth-order valence-electron chi connectivity index (χ4n) is 3.90. The Bertz CT molecular complexity index is 999. The smallest absolute Gasteiger partial charge is 0.259 e. The molecule has 0 aliphatic heterocycles. The van der Waals surface area contributed by atoms with Gasteiger partial charge in [0.2, 0.25) is 0 Å². The summed E-state index contributed by atoms with van der Waals surface area (Å²) >= 11 is 1.65. The van der Waals surface area contributed by atoms with E-state index in [-0.39, 0.29) is 12.2 Å². The van der Waals surface area contributed by atoms with E-state index in [1.54, 1.807) is 18.4 Å². The van der Waals surface area contributed by atoms with Gasteiger partial charge in [0.1, 0.15) is 10.7 Å². The number of rotatable bonds is 8. The minimum absolute atomic E-state index is 0.0449. The molecule has 0 bridgehead atoms. The zero-order valence-corrected chi connectivity index (χ0v) is 16.8. The van der Waals surface area contributed by atoms with Crippen LogP contribution in [0.15, 0.2) is 35.1 Å². The Kier molecular flexibility index (Phi) is 5.87. The first-order valence-electron chi connectivity index (χ1n) is 9.60. The fraction of sp³-hybridized carbons (Fsp3) is 0.429. The number of ether oxygens (including phenoxy) is 1. The van der Waals surface area contributed by atoms with Crippen molar-refractivity contribution in [3.63, 3.8) is 0 Å². The molecule has 28 heavy (non-hydrogen) atoms. The number of nitrogens with zero attached hydrogens (tertiary/aromatic N) is 2. The van der Waals surface area contributed by atoms with Crippen LogP contribution in [0.4, 0.5) is 0 Å². The lowest BCUT2D eigenvalue weighted by Crippen LogP contribution is -2.35. The third-order valence-electron chi connectivity index (χ3n) is 5.07. The minimum Gasteiger partial charge on any atom is -0.389 e. The third kappa shape index (κ3) is 4.17. The second-order valence-electron chi connectivity index (χ2n) is 7.31. The Balaban J connectivity index is 1.59. The lowest BCUT2D eigenvalue weighted by molar-refractivity contribution is 0.0332. The normalized spacial score (nSPS) is 14.7. The van der Waals surface area contributed by atoms with Crippen molar-refractivity contribution in [3.8, 4) is 0 Å². The summed E-state index contributed by atoms with van der Waals surface area (Å²) in [6.07, 6.45) is 2.55. The molecule has 1 aliphatic carbocycles. The van der Waals surface area contributed by atoms with Gasteiger partial charge in [-0.05, 0) is 30.4 Å². The number of benzene rings is 1. The molecule has 0 fully saturated rings. The summed E-state index contributed by atoms with van der Waals surface area (Å²) in [5.41, 5.74) is 2.29. The van der Waals surface area contributed by atoms with Crippen LogP contribution in [0.1, 0.15) is 28.2 Å². The van der Waals surface area contributed by atoms with E-state index in [2.05, 4.69) is 22.0 Å². The van der Waals surface area contributed by atoms with E-state index in [9.17, 15) is 9.90 Å². The highest BCUT2D eigenvalue weighted by molar-refractivity contribution is 7.18. The van der Waals surface area contributed by atoms with E-state index in [4.69, 9.17) is 9.72 Å². The number of H-pyrrole nitrogens is 1. The van der Waals surface area contributed by atoms with Crippen molar-refractivity contribution in [2.24, 2.45) is 0 Å². The topological polar surface area (TPSA) is 78.5 Å². The Morgan fingerprint density at radius 2 is 2.11 bits per heavy atom. The number of fused-ring (bicyclic) bond motifs is 3. The summed E-state index contributed by atoms with van der Waals surface area (Å²) in [4.78, 5) is 24.7. The summed E-state index contributed by atoms with van der Waals surface area (Å²) < 4.78 is 5.07. The Morgan fingerprint density at radius 3 is 2.89 bits per heavy atom. The predicted molar refractivity (Wildman–Crippen MR) is 111 cm³/mol. The molecule has 2 N–H and O–H groups in total. The van der Waals surface area contributed by atoms with Crippen molar-refractivity contribution in [1.29, 1.82) is 0 Å². The molecule has 0 spiro atoms. The molecule has 1 aromatic carbocycles. The molecule has 0 saturated heterocycles. The van der Waals surface area contributed by atoms with Gasteiger partial charge in [-0.3, -0.25) is 9.69 Å². The van der Waals surface area contributed by atoms with E-state index in [1.807, 2.05) is 18.2 Å². The second-order valence-corrected chi connectivity index (χ2v) is 8.40. The molecule has 7 heteroatoms. The Morgan fingerprint density at radius 1 is 1.29 bits per heavy atom. The maximum atomic E-state index is 12.7. The van der Waals surface area contributed by atoms with Crippen LogP contribution in [0.5, 0.6) is 0 Å². The standard InChI is InChI=1S/C21H25N3O3S/c1-27-13-15(25)11-24(10-14-6-3-2-4-7-14)12-18-22-20(26)19-16-8-5-9-17(16)28-21(19)23-18/h2-4,6-7,15,25H,5,8-13H2,1H3,(H,22,23,26)/t15-/m1/s1. The van der Waals surface area contributed by atoms with Gasteiger partial charge in [0, 0.05) is 25.1 Å². The van der Waals surface area contributed by atoms with Crippen LogP contribution in [-0.2, 0) is 30.7 Å². The average molecular weight is 400 g/mol. The SMILES string of the molecule is COC[C@H](O)CN(Cc1ccccc1)Cc1nc2sc3c(c2c(=O)[nH]1)CCC3. The van der Waals surface area contributed by atoms with Gasteiger partial charge in [-0.2, -0.15) is 0 Å². The molecule has 1 aliphatic rings. The van der Waals surface area contributed by atoms with Crippen LogP contribution in [-0.4, -0.2) is 46.3 Å². The van der Waals surface area contributed by atoms with Crippen molar-refractivity contribution < 1.29 is 9.84 Å². The van der Waals surface area contributed by atoms with Gasteiger partial charge in [-0.1, -0.05) is 30.3 Å². The molecule has 2 heterocycles. The first-order chi connectivity index (χ1) is 13.6. The summed E-state index contributed by atoms with van der Waals surface area (Å²) in [5, 5.41) is 11.0. The maximum absolute atomic E-state index is 12.7. The van der Waals surface area contributed by atoms with Crippen LogP contribution in [0.25, 0.3) is 10.2 Å². The molecular weight excluding hydrogens is 374 g/mol. The van der Waals surface area contributed by atoms with Gasteiger partial charge >= 0.3 is 0 Å².